The maximum absolute atomic E-state index is 13.9. The summed E-state index contributed by atoms with van der Waals surface area (Å²) >= 11 is 0. The molecule has 5 rings (SSSR count). The lowest BCUT2D eigenvalue weighted by Crippen LogP contribution is -2.46. The van der Waals surface area contributed by atoms with Gasteiger partial charge in [-0.2, -0.15) is 39.5 Å². The van der Waals surface area contributed by atoms with Crippen LogP contribution in [0.3, 0.4) is 0 Å². The Bertz CT molecular complexity index is 1810. The van der Waals surface area contributed by atoms with E-state index in [9.17, 15) is 49.1 Å². The van der Waals surface area contributed by atoms with Crippen molar-refractivity contribution >= 4 is 29.4 Å². The summed E-state index contributed by atoms with van der Waals surface area (Å²) in [7, 11) is 0. The molecule has 1 amide bonds. The van der Waals surface area contributed by atoms with Crippen LogP contribution in [0.4, 0.5) is 61.6 Å². The molecule has 300 valence electrons. The standard InChI is InChI=1S/C36H38F9N5O5/c1-3-25-18-27(26-17-22(34(37,38)39)5-6-29(26)50(25)33(53)55-12-11-51)47-32-46-19-30(49-9-7-21(8-10-49)31(52)54-4-2)28(48-32)15-20-13-23(35(40,41)42)16-24(14-20)36(43,44)45/h5-6,13-14,16-17,19,21,25,27,51H,3-4,7-12,15,18H2,1-2H3,(H,46,47,48)/t25-,27+/m1/s1. The Morgan fingerprint density at radius 2 is 1.51 bits per heavy atom. The number of nitrogens with zero attached hydrogens (tertiary/aromatic N) is 4. The van der Waals surface area contributed by atoms with Crippen LogP contribution in [0.2, 0.25) is 0 Å². The van der Waals surface area contributed by atoms with Gasteiger partial charge >= 0.3 is 30.6 Å². The third kappa shape index (κ3) is 9.71. The Hall–Kier alpha value is -4.81. The number of piperidine rings is 1. The van der Waals surface area contributed by atoms with Crippen molar-refractivity contribution in [3.63, 3.8) is 0 Å². The van der Waals surface area contributed by atoms with Crippen LogP contribution in [0.25, 0.3) is 0 Å². The molecule has 0 spiro atoms. The molecule has 1 saturated heterocycles. The van der Waals surface area contributed by atoms with Crippen molar-refractivity contribution in [2.45, 2.75) is 76.6 Å². The highest BCUT2D eigenvalue weighted by molar-refractivity contribution is 5.90. The number of rotatable bonds is 10. The van der Waals surface area contributed by atoms with Crippen LogP contribution in [0.1, 0.15) is 79.1 Å². The van der Waals surface area contributed by atoms with E-state index in [-0.39, 0.29) is 72.9 Å². The van der Waals surface area contributed by atoms with Gasteiger partial charge in [-0.3, -0.25) is 9.69 Å². The SMILES string of the molecule is CCOC(=O)C1CCN(c2cnc(N[C@H]3C[C@@H](CC)N(C(=O)OCCO)c4ccc(C(F)(F)F)cc43)nc2Cc2cc(C(F)(F)F)cc(C(F)(F)F)c2)CC1. The molecule has 55 heavy (non-hydrogen) atoms. The molecule has 0 radical (unpaired) electrons. The molecule has 3 aromatic rings. The summed E-state index contributed by atoms with van der Waals surface area (Å²) in [5, 5.41) is 12.2. The number of aromatic nitrogens is 2. The van der Waals surface area contributed by atoms with E-state index in [4.69, 9.17) is 14.6 Å². The van der Waals surface area contributed by atoms with Gasteiger partial charge in [0.15, 0.2) is 0 Å². The zero-order valence-electron chi connectivity index (χ0n) is 29.6. The molecule has 1 fully saturated rings. The van der Waals surface area contributed by atoms with E-state index >= 15 is 0 Å². The monoisotopic (exact) mass is 791 g/mol. The first-order valence-electron chi connectivity index (χ1n) is 17.4. The molecule has 1 aromatic heterocycles. The van der Waals surface area contributed by atoms with E-state index in [0.717, 1.165) is 18.2 Å². The number of carbonyl (C=O) groups is 2. The number of benzene rings is 2. The normalized spacial score (nSPS) is 18.2. The third-order valence-electron chi connectivity index (χ3n) is 9.47. The Morgan fingerprint density at radius 1 is 0.873 bits per heavy atom. The molecule has 0 unspecified atom stereocenters. The number of anilines is 3. The molecule has 2 N–H and O–H groups in total. The molecule has 2 aromatic carbocycles. The largest absolute Gasteiger partial charge is 0.466 e. The average Bonchev–Trinajstić information content (AvgIpc) is 3.12. The van der Waals surface area contributed by atoms with Gasteiger partial charge in [0.05, 0.1) is 65.1 Å². The van der Waals surface area contributed by atoms with Crippen LogP contribution in [0.5, 0.6) is 0 Å². The van der Waals surface area contributed by atoms with Crippen LogP contribution in [-0.2, 0) is 39.2 Å². The van der Waals surface area contributed by atoms with Gasteiger partial charge in [0.25, 0.3) is 0 Å². The van der Waals surface area contributed by atoms with Crippen LogP contribution in [-0.4, -0.2) is 66.1 Å². The fourth-order valence-electron chi connectivity index (χ4n) is 6.83. The lowest BCUT2D eigenvalue weighted by Gasteiger charge is -2.40. The van der Waals surface area contributed by atoms with Crippen molar-refractivity contribution in [1.29, 1.82) is 0 Å². The fraction of sp³-hybridized carbons (Fsp3) is 0.500. The molecular formula is C36H38F9N5O5. The molecular weight excluding hydrogens is 753 g/mol. The number of aliphatic hydroxyl groups is 1. The lowest BCUT2D eigenvalue weighted by molar-refractivity contribution is -0.148. The van der Waals surface area contributed by atoms with Crippen LogP contribution >= 0.6 is 0 Å². The number of hydrogen-bond donors (Lipinski definition) is 2. The number of alkyl halides is 9. The maximum atomic E-state index is 13.9. The number of hydrogen-bond acceptors (Lipinski definition) is 9. The highest BCUT2D eigenvalue weighted by Crippen LogP contribution is 2.44. The number of carbonyl (C=O) groups excluding carboxylic acids is 2. The quantitative estimate of drug-likeness (QED) is 0.155. The molecule has 0 aliphatic carbocycles. The first kappa shape index (κ1) is 41.4. The lowest BCUT2D eigenvalue weighted by atomic mass is 9.89. The predicted molar refractivity (Wildman–Crippen MR) is 180 cm³/mol. The fourth-order valence-corrected chi connectivity index (χ4v) is 6.83. The van der Waals surface area contributed by atoms with Gasteiger partial charge < -0.3 is 24.8 Å². The molecule has 3 heterocycles. The van der Waals surface area contributed by atoms with E-state index in [1.165, 1.54) is 11.1 Å². The molecule has 0 saturated carbocycles. The molecule has 2 aliphatic rings. The Morgan fingerprint density at radius 3 is 2.07 bits per heavy atom. The van der Waals surface area contributed by atoms with Gasteiger partial charge in [-0.15, -0.1) is 0 Å². The van der Waals surface area contributed by atoms with Gasteiger partial charge in [0.1, 0.15) is 6.61 Å². The van der Waals surface area contributed by atoms with E-state index in [1.54, 1.807) is 18.7 Å². The highest BCUT2D eigenvalue weighted by Gasteiger charge is 2.40. The molecule has 0 bridgehead atoms. The summed E-state index contributed by atoms with van der Waals surface area (Å²) in [6, 6.07) is 2.39. The number of halogens is 9. The van der Waals surface area contributed by atoms with Gasteiger partial charge in [0.2, 0.25) is 5.95 Å². The van der Waals surface area contributed by atoms with Crippen molar-refractivity contribution in [3.8, 4) is 0 Å². The van der Waals surface area contributed by atoms with Crippen LogP contribution in [0.15, 0.2) is 42.6 Å². The molecule has 10 nitrogen and oxygen atoms in total. The summed E-state index contributed by atoms with van der Waals surface area (Å²) in [6.07, 6.45) is -14.1. The predicted octanol–water partition coefficient (Wildman–Crippen LogP) is 8.17. The van der Waals surface area contributed by atoms with E-state index < -0.39 is 78.3 Å². The number of amides is 1. The molecule has 2 atom stereocenters. The van der Waals surface area contributed by atoms with E-state index in [0.29, 0.717) is 31.4 Å². The summed E-state index contributed by atoms with van der Waals surface area (Å²) in [5.41, 5.74) is -4.05. The number of esters is 1. The van der Waals surface area contributed by atoms with Crippen molar-refractivity contribution < 1.29 is 63.7 Å². The van der Waals surface area contributed by atoms with Crippen LogP contribution in [0, 0.1) is 5.92 Å². The molecule has 2 aliphatic heterocycles. The van der Waals surface area contributed by atoms with Gasteiger partial charge in [-0.1, -0.05) is 6.92 Å². The first-order valence-corrected chi connectivity index (χ1v) is 17.4. The summed E-state index contributed by atoms with van der Waals surface area (Å²) in [5.74, 6) is -1.02. The van der Waals surface area contributed by atoms with E-state index in [2.05, 4.69) is 15.3 Å². The molecule has 19 heteroatoms. The van der Waals surface area contributed by atoms with Crippen molar-refractivity contribution in [1.82, 2.24) is 9.97 Å². The van der Waals surface area contributed by atoms with Gasteiger partial charge in [0, 0.05) is 25.6 Å². The van der Waals surface area contributed by atoms with Gasteiger partial charge in [-0.05, 0) is 80.1 Å². The van der Waals surface area contributed by atoms with Crippen molar-refractivity contribution in [2.75, 3.05) is 48.0 Å². The number of nitrogens with one attached hydrogen (secondary N) is 1. The highest BCUT2D eigenvalue weighted by atomic mass is 19.4. The Labute approximate surface area is 309 Å². The summed E-state index contributed by atoms with van der Waals surface area (Å²) < 4.78 is 135. The number of aliphatic hydroxyl groups excluding tert-OH is 1. The van der Waals surface area contributed by atoms with Crippen LogP contribution < -0.4 is 15.1 Å². The summed E-state index contributed by atoms with van der Waals surface area (Å²) in [6.45, 7) is 3.23. The zero-order chi connectivity index (χ0) is 40.3. The van der Waals surface area contributed by atoms with Crippen molar-refractivity contribution in [3.05, 3.63) is 76.1 Å². The Kier molecular flexibility index (Phi) is 12.4. The third-order valence-corrected chi connectivity index (χ3v) is 9.47. The van der Waals surface area contributed by atoms with E-state index in [1.807, 2.05) is 0 Å². The second-order valence-electron chi connectivity index (χ2n) is 13.1. The topological polar surface area (TPSA) is 117 Å². The minimum Gasteiger partial charge on any atom is -0.466 e. The van der Waals surface area contributed by atoms with Crippen molar-refractivity contribution in [2.24, 2.45) is 5.92 Å². The second kappa shape index (κ2) is 16.5. The zero-order valence-corrected chi connectivity index (χ0v) is 29.6. The Balaban J connectivity index is 1.57. The number of ether oxygens (including phenoxy) is 2. The minimum absolute atomic E-state index is 0.0142. The second-order valence-corrected chi connectivity index (χ2v) is 13.1. The summed E-state index contributed by atoms with van der Waals surface area (Å²) in [4.78, 5) is 37.3. The minimum atomic E-state index is -5.11. The first-order chi connectivity index (χ1) is 25.8. The average molecular weight is 792 g/mol. The number of fused-ring (bicyclic) bond motifs is 1. The maximum Gasteiger partial charge on any atom is 0.416 e. The smallest absolute Gasteiger partial charge is 0.416 e. The van der Waals surface area contributed by atoms with Gasteiger partial charge in [-0.25, -0.2) is 14.8 Å².